The van der Waals surface area contributed by atoms with Gasteiger partial charge in [0.15, 0.2) is 5.78 Å². The van der Waals surface area contributed by atoms with Crippen LogP contribution in [0, 0.1) is 0 Å². The molecular weight excluding hydrogens is 388 g/mol. The first-order valence-corrected chi connectivity index (χ1v) is 11.7. The van der Waals surface area contributed by atoms with Crippen LogP contribution in [-0.2, 0) is 25.7 Å². The molecule has 1 aromatic carbocycles. The van der Waals surface area contributed by atoms with Crippen LogP contribution in [0.25, 0.3) is 0 Å². The molecule has 1 aromatic rings. The van der Waals surface area contributed by atoms with E-state index in [4.69, 9.17) is 4.74 Å². The molecule has 9 heteroatoms. The number of Topliss-reactive ketones (excluding diaryl/α,β-unsaturated/α-hetero) is 1. The van der Waals surface area contributed by atoms with Crippen LogP contribution >= 0.6 is 0 Å². The smallest absolute Gasteiger partial charge is 0.218 e. The van der Waals surface area contributed by atoms with E-state index in [1.807, 2.05) is 4.31 Å². The van der Waals surface area contributed by atoms with Crippen LogP contribution < -0.4 is 0 Å². The van der Waals surface area contributed by atoms with Gasteiger partial charge in [-0.25, -0.2) is 16.9 Å². The van der Waals surface area contributed by atoms with Gasteiger partial charge in [-0.3, -0.25) is 4.79 Å². The Kier molecular flexibility index (Phi) is 5.88. The average molecular weight is 415 g/mol. The summed E-state index contributed by atoms with van der Waals surface area (Å²) in [5, 5.41) is -0.497. The normalized spacial score (nSPS) is 22.4. The Morgan fingerprint density at radius 3 is 2.26 bits per heavy atom. The maximum absolute atomic E-state index is 12.9. The number of carbonyl (C=O) groups is 1. The number of rotatable bonds is 5. The van der Waals surface area contributed by atoms with Crippen LogP contribution in [0.2, 0.25) is 0 Å². The van der Waals surface area contributed by atoms with Crippen molar-refractivity contribution in [2.24, 2.45) is 0 Å². The Morgan fingerprint density at radius 1 is 1.15 bits per heavy atom. The summed E-state index contributed by atoms with van der Waals surface area (Å²) in [5.41, 5.74) is -0.232. The van der Waals surface area contributed by atoms with E-state index < -0.39 is 32.0 Å². The third-order valence-electron chi connectivity index (χ3n) is 5.22. The third kappa shape index (κ3) is 3.88. The second kappa shape index (κ2) is 7.71. The highest BCUT2D eigenvalue weighted by Gasteiger charge is 2.51. The first kappa shape index (κ1) is 20.6. The highest BCUT2D eigenvalue weighted by atomic mass is 32.2. The average Bonchev–Trinajstić information content (AvgIpc) is 3.05. The molecule has 0 bridgehead atoms. The standard InChI is InChI=1S/C18H26N2O5S2/c1-14(2)27(23,24)20-12-13-25-18(20)8-10-19(11-9-18)26(22)17-6-4-16(5-7-17)15(3)21/h4-7,14H,8-13H2,1-3H3. The number of ether oxygens (including phenoxy) is 1. The lowest BCUT2D eigenvalue weighted by Gasteiger charge is -2.42. The predicted octanol–water partition coefficient (Wildman–Crippen LogP) is 1.77. The van der Waals surface area contributed by atoms with Crippen molar-refractivity contribution in [3.63, 3.8) is 0 Å². The minimum absolute atomic E-state index is 0.0305. The molecule has 0 saturated carbocycles. The Labute approximate surface area is 163 Å². The molecule has 0 N–H and O–H groups in total. The first-order chi connectivity index (χ1) is 12.7. The van der Waals surface area contributed by atoms with Gasteiger partial charge in [-0.05, 0) is 32.9 Å². The molecule has 0 aromatic heterocycles. The molecule has 1 atom stereocenters. The topological polar surface area (TPSA) is 84.0 Å². The van der Waals surface area contributed by atoms with E-state index in [1.165, 1.54) is 11.2 Å². The van der Waals surface area contributed by atoms with Gasteiger partial charge in [-0.2, -0.15) is 4.31 Å². The zero-order valence-electron chi connectivity index (χ0n) is 15.9. The lowest BCUT2D eigenvalue weighted by atomic mass is 10.0. The van der Waals surface area contributed by atoms with Crippen molar-refractivity contribution in [3.05, 3.63) is 29.8 Å². The maximum atomic E-state index is 12.9. The monoisotopic (exact) mass is 414 g/mol. The molecule has 3 rings (SSSR count). The summed E-state index contributed by atoms with van der Waals surface area (Å²) in [6.07, 6.45) is 0.965. The first-order valence-electron chi connectivity index (χ1n) is 9.11. The van der Waals surface area contributed by atoms with Gasteiger partial charge >= 0.3 is 0 Å². The van der Waals surface area contributed by atoms with E-state index >= 15 is 0 Å². The summed E-state index contributed by atoms with van der Waals surface area (Å²) in [4.78, 5) is 12.0. The largest absolute Gasteiger partial charge is 0.358 e. The minimum Gasteiger partial charge on any atom is -0.358 e. The summed E-state index contributed by atoms with van der Waals surface area (Å²) in [6.45, 7) is 6.56. The molecule has 2 aliphatic heterocycles. The van der Waals surface area contributed by atoms with Crippen molar-refractivity contribution in [1.82, 2.24) is 8.61 Å². The molecule has 2 aliphatic rings. The van der Waals surface area contributed by atoms with Gasteiger partial charge in [0.05, 0.1) is 16.8 Å². The number of benzene rings is 1. The van der Waals surface area contributed by atoms with Crippen molar-refractivity contribution in [3.8, 4) is 0 Å². The van der Waals surface area contributed by atoms with E-state index in [9.17, 15) is 17.4 Å². The van der Waals surface area contributed by atoms with Gasteiger partial charge in [-0.1, -0.05) is 12.1 Å². The van der Waals surface area contributed by atoms with Crippen LogP contribution in [-0.4, -0.2) is 64.2 Å². The zero-order valence-corrected chi connectivity index (χ0v) is 17.5. The number of ketones is 1. The summed E-state index contributed by atoms with van der Waals surface area (Å²) in [5.74, 6) is -0.0305. The number of hydrogen-bond acceptors (Lipinski definition) is 5. The Bertz CT molecular complexity index is 828. The summed E-state index contributed by atoms with van der Waals surface area (Å²) in [6, 6.07) is 6.77. The van der Waals surface area contributed by atoms with E-state index in [0.29, 0.717) is 49.5 Å². The molecule has 2 fully saturated rings. The zero-order chi connectivity index (χ0) is 19.8. The molecule has 0 amide bonds. The van der Waals surface area contributed by atoms with E-state index in [-0.39, 0.29) is 5.78 Å². The van der Waals surface area contributed by atoms with Crippen molar-refractivity contribution in [2.45, 2.75) is 49.5 Å². The van der Waals surface area contributed by atoms with Crippen molar-refractivity contribution in [2.75, 3.05) is 26.2 Å². The van der Waals surface area contributed by atoms with Gasteiger partial charge in [0.1, 0.15) is 16.7 Å². The second-order valence-corrected chi connectivity index (χ2v) is 11.1. The third-order valence-corrected chi connectivity index (χ3v) is 9.05. The number of piperidine rings is 1. The predicted molar refractivity (Wildman–Crippen MR) is 103 cm³/mol. The van der Waals surface area contributed by atoms with Crippen LogP contribution in [0.4, 0.5) is 0 Å². The lowest BCUT2D eigenvalue weighted by Crippen LogP contribution is -2.56. The molecule has 2 heterocycles. The van der Waals surface area contributed by atoms with Crippen molar-refractivity contribution < 1.29 is 22.2 Å². The summed E-state index contributed by atoms with van der Waals surface area (Å²) >= 11 is 0. The molecule has 27 heavy (non-hydrogen) atoms. The molecule has 7 nitrogen and oxygen atoms in total. The SMILES string of the molecule is CC(=O)c1ccc(S(=O)N2CCC3(CC2)OCCN3S(=O)(=O)C(C)C)cc1. The quantitative estimate of drug-likeness (QED) is 0.686. The number of carbonyl (C=O) groups excluding carboxylic acids is 1. The van der Waals surface area contributed by atoms with Crippen molar-refractivity contribution >= 4 is 26.8 Å². The lowest BCUT2D eigenvalue weighted by molar-refractivity contribution is -0.0804. The van der Waals surface area contributed by atoms with Crippen LogP contribution in [0.15, 0.2) is 29.2 Å². The molecule has 1 spiro atoms. The molecule has 0 aliphatic carbocycles. The minimum atomic E-state index is -3.41. The summed E-state index contributed by atoms with van der Waals surface area (Å²) in [7, 11) is -4.76. The molecule has 0 radical (unpaired) electrons. The summed E-state index contributed by atoms with van der Waals surface area (Å²) < 4.78 is 47.4. The maximum Gasteiger partial charge on any atom is 0.218 e. The van der Waals surface area contributed by atoms with Gasteiger partial charge in [0, 0.05) is 38.0 Å². The fraction of sp³-hybridized carbons (Fsp3) is 0.611. The second-order valence-electron chi connectivity index (χ2n) is 7.22. The molecule has 150 valence electrons. The molecule has 1 unspecified atom stereocenters. The van der Waals surface area contributed by atoms with Gasteiger partial charge in [-0.15, -0.1) is 0 Å². The fourth-order valence-electron chi connectivity index (χ4n) is 3.56. The van der Waals surface area contributed by atoms with E-state index in [1.54, 1.807) is 38.1 Å². The van der Waals surface area contributed by atoms with Gasteiger partial charge in [0.2, 0.25) is 10.0 Å². The molecule has 2 saturated heterocycles. The van der Waals surface area contributed by atoms with Gasteiger partial charge < -0.3 is 4.74 Å². The van der Waals surface area contributed by atoms with Crippen LogP contribution in [0.1, 0.15) is 44.0 Å². The number of hydrogen-bond donors (Lipinski definition) is 0. The van der Waals surface area contributed by atoms with Crippen LogP contribution in [0.5, 0.6) is 0 Å². The highest BCUT2D eigenvalue weighted by Crippen LogP contribution is 2.38. The fourth-order valence-corrected chi connectivity index (χ4v) is 6.28. The molecular formula is C18H26N2O5S2. The van der Waals surface area contributed by atoms with Crippen LogP contribution in [0.3, 0.4) is 0 Å². The van der Waals surface area contributed by atoms with E-state index in [0.717, 1.165) is 0 Å². The Balaban J connectivity index is 1.71. The Hall–Kier alpha value is -1.13. The highest BCUT2D eigenvalue weighted by molar-refractivity contribution is 7.89. The van der Waals surface area contributed by atoms with E-state index in [2.05, 4.69) is 0 Å². The Morgan fingerprint density at radius 2 is 1.74 bits per heavy atom. The number of nitrogens with zero attached hydrogens (tertiary/aromatic N) is 2. The van der Waals surface area contributed by atoms with Crippen molar-refractivity contribution in [1.29, 1.82) is 0 Å². The van der Waals surface area contributed by atoms with Gasteiger partial charge in [0.25, 0.3) is 0 Å². The number of sulfonamides is 1.